The fourth-order valence-corrected chi connectivity index (χ4v) is 1.86. The quantitative estimate of drug-likeness (QED) is 0.698. The van der Waals surface area contributed by atoms with E-state index >= 15 is 0 Å². The van der Waals surface area contributed by atoms with E-state index in [2.05, 4.69) is 10.6 Å². The van der Waals surface area contributed by atoms with Crippen molar-refractivity contribution >= 4 is 17.5 Å². The first-order valence-corrected chi connectivity index (χ1v) is 6.21. The Morgan fingerprint density at radius 1 is 1.42 bits per heavy atom. The van der Waals surface area contributed by atoms with Crippen molar-refractivity contribution in [2.75, 3.05) is 25.0 Å². The smallest absolute Gasteiger partial charge is 0.257 e. The predicted molar refractivity (Wildman–Crippen MR) is 71.0 cm³/mol. The monoisotopic (exact) mass is 263 g/mol. The van der Waals surface area contributed by atoms with Crippen molar-refractivity contribution in [3.8, 4) is 5.75 Å². The average molecular weight is 263 g/mol. The summed E-state index contributed by atoms with van der Waals surface area (Å²) in [6.45, 7) is 0.813. The molecule has 1 aromatic rings. The lowest BCUT2D eigenvalue weighted by Crippen LogP contribution is -2.32. The molecule has 6 heteroatoms. The summed E-state index contributed by atoms with van der Waals surface area (Å²) in [5.41, 5.74) is 7.12. The van der Waals surface area contributed by atoms with Crippen molar-refractivity contribution in [3.63, 3.8) is 0 Å². The van der Waals surface area contributed by atoms with E-state index in [0.717, 1.165) is 11.3 Å². The van der Waals surface area contributed by atoms with Crippen molar-refractivity contribution in [3.05, 3.63) is 23.8 Å². The van der Waals surface area contributed by atoms with Gasteiger partial charge < -0.3 is 21.1 Å². The number of amides is 2. The lowest BCUT2D eigenvalue weighted by molar-refractivity contribution is -0.123. The number of anilines is 1. The molecule has 0 aromatic heterocycles. The molecule has 0 radical (unpaired) electrons. The minimum Gasteiger partial charge on any atom is -0.484 e. The Bertz CT molecular complexity index is 488. The zero-order valence-electron chi connectivity index (χ0n) is 10.6. The minimum absolute atomic E-state index is 0.0299. The van der Waals surface area contributed by atoms with Crippen LogP contribution in [0.3, 0.4) is 0 Å². The second-order valence-corrected chi connectivity index (χ2v) is 4.29. The third kappa shape index (κ3) is 3.69. The van der Waals surface area contributed by atoms with Crippen LogP contribution in [-0.4, -0.2) is 31.5 Å². The Morgan fingerprint density at radius 2 is 2.26 bits per heavy atom. The van der Waals surface area contributed by atoms with Crippen LogP contribution in [0.25, 0.3) is 0 Å². The van der Waals surface area contributed by atoms with Crippen molar-refractivity contribution in [2.45, 2.75) is 12.8 Å². The summed E-state index contributed by atoms with van der Waals surface area (Å²) in [6, 6.07) is 5.38. The van der Waals surface area contributed by atoms with E-state index in [9.17, 15) is 9.59 Å². The van der Waals surface area contributed by atoms with Gasteiger partial charge in [0.25, 0.3) is 5.91 Å². The fourth-order valence-electron chi connectivity index (χ4n) is 1.86. The Kier molecular flexibility index (Phi) is 4.35. The van der Waals surface area contributed by atoms with Crippen LogP contribution in [0.2, 0.25) is 0 Å². The normalized spacial score (nSPS) is 13.4. The summed E-state index contributed by atoms with van der Waals surface area (Å²) in [4.78, 5) is 22.6. The largest absolute Gasteiger partial charge is 0.484 e. The summed E-state index contributed by atoms with van der Waals surface area (Å²) in [5, 5.41) is 5.42. The van der Waals surface area contributed by atoms with E-state index in [4.69, 9.17) is 10.5 Å². The van der Waals surface area contributed by atoms with Crippen LogP contribution in [0, 0.1) is 0 Å². The van der Waals surface area contributed by atoms with Crippen LogP contribution in [0.5, 0.6) is 5.75 Å². The van der Waals surface area contributed by atoms with E-state index in [1.165, 1.54) is 0 Å². The van der Waals surface area contributed by atoms with Gasteiger partial charge in [-0.1, -0.05) is 0 Å². The van der Waals surface area contributed by atoms with Crippen LogP contribution in [0.15, 0.2) is 18.2 Å². The van der Waals surface area contributed by atoms with Gasteiger partial charge in [0.2, 0.25) is 5.91 Å². The van der Waals surface area contributed by atoms with Crippen LogP contribution in [0.4, 0.5) is 5.69 Å². The Hall–Kier alpha value is -2.08. The zero-order valence-corrected chi connectivity index (χ0v) is 10.6. The van der Waals surface area contributed by atoms with Gasteiger partial charge in [-0.2, -0.15) is 0 Å². The number of hydrogen-bond acceptors (Lipinski definition) is 4. The highest BCUT2D eigenvalue weighted by molar-refractivity contribution is 5.94. The first-order valence-electron chi connectivity index (χ1n) is 6.21. The van der Waals surface area contributed by atoms with E-state index in [1.54, 1.807) is 12.1 Å². The standard InChI is InChI=1S/C13H17N3O3/c14-5-6-15-13(18)8-19-10-2-3-11-9(7-10)1-4-12(17)16-11/h2-3,7H,1,4-6,8,14H2,(H,15,18)(H,16,17). The topological polar surface area (TPSA) is 93.4 Å². The molecule has 1 heterocycles. The third-order valence-corrected chi connectivity index (χ3v) is 2.81. The number of benzene rings is 1. The summed E-state index contributed by atoms with van der Waals surface area (Å²) in [6.07, 6.45) is 1.17. The third-order valence-electron chi connectivity index (χ3n) is 2.81. The van der Waals surface area contributed by atoms with Crippen molar-refractivity contribution in [1.82, 2.24) is 5.32 Å². The predicted octanol–water partition coefficient (Wildman–Crippen LogP) is 0.0250. The summed E-state index contributed by atoms with van der Waals surface area (Å²) < 4.78 is 5.39. The molecule has 1 aliphatic heterocycles. The molecule has 19 heavy (non-hydrogen) atoms. The van der Waals surface area contributed by atoms with Crippen LogP contribution >= 0.6 is 0 Å². The highest BCUT2D eigenvalue weighted by atomic mass is 16.5. The Balaban J connectivity index is 1.91. The van der Waals surface area contributed by atoms with Crippen LogP contribution < -0.4 is 21.1 Å². The number of rotatable bonds is 5. The fraction of sp³-hybridized carbons (Fsp3) is 0.385. The SMILES string of the molecule is NCCNC(=O)COc1ccc2c(c1)CCC(=O)N2. The lowest BCUT2D eigenvalue weighted by atomic mass is 10.0. The molecule has 2 rings (SSSR count). The summed E-state index contributed by atoms with van der Waals surface area (Å²) >= 11 is 0. The van der Waals surface area contributed by atoms with E-state index < -0.39 is 0 Å². The highest BCUT2D eigenvalue weighted by Gasteiger charge is 2.15. The lowest BCUT2D eigenvalue weighted by Gasteiger charge is -2.17. The number of carbonyl (C=O) groups excluding carboxylic acids is 2. The number of nitrogens with two attached hydrogens (primary N) is 1. The molecule has 0 bridgehead atoms. The van der Waals surface area contributed by atoms with Gasteiger partial charge in [-0.15, -0.1) is 0 Å². The van der Waals surface area contributed by atoms with Crippen molar-refractivity contribution < 1.29 is 14.3 Å². The second-order valence-electron chi connectivity index (χ2n) is 4.29. The Labute approximate surface area is 111 Å². The molecule has 4 N–H and O–H groups in total. The maximum Gasteiger partial charge on any atom is 0.257 e. The first-order chi connectivity index (χ1) is 9.19. The van der Waals surface area contributed by atoms with Gasteiger partial charge in [-0.25, -0.2) is 0 Å². The van der Waals surface area contributed by atoms with Crippen molar-refractivity contribution in [1.29, 1.82) is 0 Å². The number of hydrogen-bond donors (Lipinski definition) is 3. The maximum atomic E-state index is 11.4. The number of fused-ring (bicyclic) bond motifs is 1. The molecule has 0 spiro atoms. The number of aryl methyl sites for hydroxylation is 1. The second kappa shape index (κ2) is 6.19. The summed E-state index contributed by atoms with van der Waals surface area (Å²) in [5.74, 6) is 0.455. The molecule has 0 saturated carbocycles. The molecule has 0 fully saturated rings. The molecular formula is C13H17N3O3. The highest BCUT2D eigenvalue weighted by Crippen LogP contribution is 2.26. The van der Waals surface area contributed by atoms with Gasteiger partial charge in [0, 0.05) is 25.2 Å². The molecule has 102 valence electrons. The molecule has 1 aromatic carbocycles. The summed E-state index contributed by atoms with van der Waals surface area (Å²) in [7, 11) is 0. The molecule has 6 nitrogen and oxygen atoms in total. The molecule has 1 aliphatic rings. The molecule has 0 atom stereocenters. The average Bonchev–Trinajstić information content (AvgIpc) is 2.42. The van der Waals surface area contributed by atoms with Crippen LogP contribution in [0.1, 0.15) is 12.0 Å². The van der Waals surface area contributed by atoms with Crippen molar-refractivity contribution in [2.24, 2.45) is 5.73 Å². The van der Waals surface area contributed by atoms with Gasteiger partial charge in [0.15, 0.2) is 6.61 Å². The number of nitrogens with one attached hydrogen (secondary N) is 2. The first kappa shape index (κ1) is 13.4. The van der Waals surface area contributed by atoms with E-state index in [-0.39, 0.29) is 18.4 Å². The molecular weight excluding hydrogens is 246 g/mol. The number of ether oxygens (including phenoxy) is 1. The van der Waals surface area contributed by atoms with Gasteiger partial charge in [-0.05, 0) is 30.2 Å². The van der Waals surface area contributed by atoms with Gasteiger partial charge in [0.05, 0.1) is 0 Å². The van der Waals surface area contributed by atoms with Crippen LogP contribution in [-0.2, 0) is 16.0 Å². The van der Waals surface area contributed by atoms with E-state index in [1.807, 2.05) is 6.07 Å². The number of carbonyl (C=O) groups is 2. The Morgan fingerprint density at radius 3 is 3.05 bits per heavy atom. The zero-order chi connectivity index (χ0) is 13.7. The minimum atomic E-state index is -0.198. The van der Waals surface area contributed by atoms with Gasteiger partial charge >= 0.3 is 0 Å². The molecule has 2 amide bonds. The molecule has 0 saturated heterocycles. The van der Waals surface area contributed by atoms with Gasteiger partial charge in [-0.3, -0.25) is 9.59 Å². The maximum absolute atomic E-state index is 11.4. The molecule has 0 aliphatic carbocycles. The van der Waals surface area contributed by atoms with Gasteiger partial charge in [0.1, 0.15) is 5.75 Å². The molecule has 0 unspecified atom stereocenters. The van der Waals surface area contributed by atoms with E-state index in [0.29, 0.717) is 31.7 Å².